The van der Waals surface area contributed by atoms with Crippen molar-refractivity contribution in [2.75, 3.05) is 13.1 Å². The second-order valence-corrected chi connectivity index (χ2v) is 4.53. The van der Waals surface area contributed by atoms with Gasteiger partial charge in [0.2, 0.25) is 0 Å². The van der Waals surface area contributed by atoms with E-state index in [9.17, 15) is 5.11 Å². The fourth-order valence-electron chi connectivity index (χ4n) is 2.14. The predicted octanol–water partition coefficient (Wildman–Crippen LogP) is 0.386. The minimum Gasteiger partial charge on any atom is -0.389 e. The van der Waals surface area contributed by atoms with Gasteiger partial charge in [0, 0.05) is 19.2 Å². The first kappa shape index (κ1) is 10.6. The van der Waals surface area contributed by atoms with Gasteiger partial charge >= 0.3 is 0 Å². The van der Waals surface area contributed by atoms with Gasteiger partial charge in [-0.3, -0.25) is 4.68 Å². The number of aliphatic hydroxyl groups is 1. The van der Waals surface area contributed by atoms with Gasteiger partial charge in [-0.15, -0.1) is 0 Å². The normalized spacial score (nSPS) is 20.5. The summed E-state index contributed by atoms with van der Waals surface area (Å²) in [5, 5.41) is 17.8. The number of aryl methyl sites for hydroxylation is 1. The highest BCUT2D eigenvalue weighted by molar-refractivity contribution is 5.18. The van der Waals surface area contributed by atoms with Gasteiger partial charge < -0.3 is 10.4 Å². The van der Waals surface area contributed by atoms with Crippen LogP contribution in [0.4, 0.5) is 0 Å². The van der Waals surface area contributed by atoms with E-state index in [1.54, 1.807) is 0 Å². The number of hydrogen-bond acceptors (Lipinski definition) is 3. The van der Waals surface area contributed by atoms with E-state index < -0.39 is 5.60 Å². The summed E-state index contributed by atoms with van der Waals surface area (Å²) >= 11 is 0. The van der Waals surface area contributed by atoms with Crippen LogP contribution < -0.4 is 5.32 Å². The van der Waals surface area contributed by atoms with E-state index >= 15 is 0 Å². The Labute approximate surface area is 90.3 Å². The quantitative estimate of drug-likeness (QED) is 0.740. The minimum atomic E-state index is -0.529. The van der Waals surface area contributed by atoms with Crippen molar-refractivity contribution in [2.24, 2.45) is 7.05 Å². The van der Waals surface area contributed by atoms with Gasteiger partial charge in [-0.25, -0.2) is 0 Å². The van der Waals surface area contributed by atoms with E-state index in [1.165, 1.54) is 5.56 Å². The smallest absolute Gasteiger partial charge is 0.0713 e. The Bertz CT molecular complexity index is 340. The average molecular weight is 209 g/mol. The topological polar surface area (TPSA) is 50.1 Å². The summed E-state index contributed by atoms with van der Waals surface area (Å²) in [4.78, 5) is 0. The summed E-state index contributed by atoms with van der Waals surface area (Å²) in [6, 6.07) is 0. The van der Waals surface area contributed by atoms with Crippen LogP contribution in [0.15, 0.2) is 6.20 Å². The van der Waals surface area contributed by atoms with E-state index in [4.69, 9.17) is 0 Å². The lowest BCUT2D eigenvalue weighted by atomic mass is 9.86. The monoisotopic (exact) mass is 209 g/mol. The van der Waals surface area contributed by atoms with Crippen LogP contribution in [-0.4, -0.2) is 33.6 Å². The molecule has 2 N–H and O–H groups in total. The summed E-state index contributed by atoms with van der Waals surface area (Å²) in [5.41, 5.74) is 1.79. The number of piperidine rings is 1. The maximum Gasteiger partial charge on any atom is 0.0713 e. The van der Waals surface area contributed by atoms with Crippen molar-refractivity contribution in [1.29, 1.82) is 0 Å². The van der Waals surface area contributed by atoms with Gasteiger partial charge in [0.1, 0.15) is 0 Å². The van der Waals surface area contributed by atoms with E-state index in [2.05, 4.69) is 10.4 Å². The number of nitrogens with zero attached hydrogens (tertiary/aromatic N) is 2. The number of hydrogen-bond donors (Lipinski definition) is 2. The van der Waals surface area contributed by atoms with Gasteiger partial charge in [0.05, 0.1) is 11.8 Å². The first-order valence-corrected chi connectivity index (χ1v) is 5.51. The SMILES string of the molecule is Cc1c(CC2(O)CCNCC2)cnn1C. The molecule has 15 heavy (non-hydrogen) atoms. The molecule has 1 aliphatic heterocycles. The predicted molar refractivity (Wildman–Crippen MR) is 58.7 cm³/mol. The van der Waals surface area contributed by atoms with Crippen molar-refractivity contribution in [3.8, 4) is 0 Å². The molecule has 2 rings (SSSR count). The van der Waals surface area contributed by atoms with Crippen molar-refractivity contribution < 1.29 is 5.11 Å². The molecule has 4 heteroatoms. The molecule has 0 amide bonds. The van der Waals surface area contributed by atoms with Crippen molar-refractivity contribution in [2.45, 2.75) is 31.8 Å². The van der Waals surface area contributed by atoms with Gasteiger partial charge in [0.25, 0.3) is 0 Å². The zero-order chi connectivity index (χ0) is 10.9. The highest BCUT2D eigenvalue weighted by atomic mass is 16.3. The second kappa shape index (κ2) is 3.94. The number of nitrogens with one attached hydrogen (secondary N) is 1. The Hall–Kier alpha value is -0.870. The van der Waals surface area contributed by atoms with Crippen LogP contribution in [-0.2, 0) is 13.5 Å². The van der Waals surface area contributed by atoms with Gasteiger partial charge in [0.15, 0.2) is 0 Å². The fraction of sp³-hybridized carbons (Fsp3) is 0.727. The number of rotatable bonds is 2. The molecule has 1 aromatic rings. The maximum atomic E-state index is 10.4. The molecule has 2 heterocycles. The molecule has 0 saturated carbocycles. The van der Waals surface area contributed by atoms with Gasteiger partial charge in [-0.2, -0.15) is 5.10 Å². The largest absolute Gasteiger partial charge is 0.389 e. The average Bonchev–Trinajstić information content (AvgIpc) is 2.50. The first-order chi connectivity index (χ1) is 7.11. The second-order valence-electron chi connectivity index (χ2n) is 4.53. The lowest BCUT2D eigenvalue weighted by Gasteiger charge is -2.32. The molecule has 0 spiro atoms. The van der Waals surface area contributed by atoms with Crippen molar-refractivity contribution in [3.63, 3.8) is 0 Å². The Balaban J connectivity index is 2.10. The summed E-state index contributed by atoms with van der Waals surface area (Å²) < 4.78 is 1.86. The molecule has 0 radical (unpaired) electrons. The summed E-state index contributed by atoms with van der Waals surface area (Å²) in [6.45, 7) is 3.87. The molecule has 4 nitrogen and oxygen atoms in total. The van der Waals surface area contributed by atoms with Crippen LogP contribution in [0.1, 0.15) is 24.1 Å². The molecule has 0 aromatic carbocycles. The Morgan fingerprint density at radius 1 is 1.53 bits per heavy atom. The molecular weight excluding hydrogens is 190 g/mol. The lowest BCUT2D eigenvalue weighted by molar-refractivity contribution is 0.0107. The highest BCUT2D eigenvalue weighted by Crippen LogP contribution is 2.24. The third-order valence-corrected chi connectivity index (χ3v) is 3.39. The molecule has 0 aliphatic carbocycles. The Morgan fingerprint density at radius 3 is 2.73 bits per heavy atom. The Morgan fingerprint density at radius 2 is 2.20 bits per heavy atom. The molecule has 1 fully saturated rings. The molecule has 1 aliphatic rings. The summed E-state index contributed by atoms with van der Waals surface area (Å²) in [5.74, 6) is 0. The van der Waals surface area contributed by atoms with Crippen LogP contribution in [0.5, 0.6) is 0 Å². The maximum absolute atomic E-state index is 10.4. The molecule has 84 valence electrons. The minimum absolute atomic E-state index is 0.529. The molecule has 1 saturated heterocycles. The Kier molecular flexibility index (Phi) is 2.80. The van der Waals surface area contributed by atoms with Crippen molar-refractivity contribution in [3.05, 3.63) is 17.5 Å². The van der Waals surface area contributed by atoms with Crippen LogP contribution in [0.3, 0.4) is 0 Å². The van der Waals surface area contributed by atoms with Crippen LogP contribution in [0.2, 0.25) is 0 Å². The number of aromatic nitrogens is 2. The first-order valence-electron chi connectivity index (χ1n) is 5.51. The summed E-state index contributed by atoms with van der Waals surface area (Å²) in [7, 11) is 1.94. The van der Waals surface area contributed by atoms with Crippen LogP contribution in [0.25, 0.3) is 0 Å². The van der Waals surface area contributed by atoms with Crippen LogP contribution in [0, 0.1) is 6.92 Å². The summed E-state index contributed by atoms with van der Waals surface area (Å²) in [6.07, 6.45) is 4.27. The third-order valence-electron chi connectivity index (χ3n) is 3.39. The van der Waals surface area contributed by atoms with Crippen molar-refractivity contribution >= 4 is 0 Å². The standard InChI is InChI=1S/C11H19N3O/c1-9-10(8-13-14(9)2)7-11(15)3-5-12-6-4-11/h8,12,15H,3-7H2,1-2H3. The van der Waals surface area contributed by atoms with E-state index in [-0.39, 0.29) is 0 Å². The van der Waals surface area contributed by atoms with E-state index in [0.717, 1.165) is 38.0 Å². The molecule has 0 bridgehead atoms. The zero-order valence-corrected chi connectivity index (χ0v) is 9.45. The molecule has 1 aromatic heterocycles. The third kappa shape index (κ3) is 2.21. The highest BCUT2D eigenvalue weighted by Gasteiger charge is 2.30. The molecular formula is C11H19N3O. The van der Waals surface area contributed by atoms with E-state index in [1.807, 2.05) is 24.9 Å². The molecule has 0 atom stereocenters. The van der Waals surface area contributed by atoms with E-state index in [0.29, 0.717) is 0 Å². The molecule has 0 unspecified atom stereocenters. The van der Waals surface area contributed by atoms with Crippen LogP contribution >= 0.6 is 0 Å². The lowest BCUT2D eigenvalue weighted by Crippen LogP contribution is -2.43. The van der Waals surface area contributed by atoms with Gasteiger partial charge in [-0.1, -0.05) is 0 Å². The van der Waals surface area contributed by atoms with Crippen molar-refractivity contribution in [1.82, 2.24) is 15.1 Å². The van der Waals surface area contributed by atoms with Gasteiger partial charge in [-0.05, 0) is 38.4 Å². The fourth-order valence-corrected chi connectivity index (χ4v) is 2.14. The zero-order valence-electron chi connectivity index (χ0n) is 9.45.